The smallest absolute Gasteiger partial charge is 0.309 e. The third-order valence-corrected chi connectivity index (χ3v) is 2.58. The Hall–Kier alpha value is -1.52. The van der Waals surface area contributed by atoms with E-state index in [2.05, 4.69) is 9.97 Å². The fourth-order valence-corrected chi connectivity index (χ4v) is 1.66. The molecule has 0 amide bonds. The van der Waals surface area contributed by atoms with Gasteiger partial charge in [-0.15, -0.1) is 0 Å². The highest BCUT2D eigenvalue weighted by Crippen LogP contribution is 2.46. The van der Waals surface area contributed by atoms with Crippen LogP contribution in [-0.2, 0) is 16.2 Å². The molecule has 16 heavy (non-hydrogen) atoms. The van der Waals surface area contributed by atoms with Gasteiger partial charge in [0.25, 0.3) is 0 Å². The van der Waals surface area contributed by atoms with Crippen molar-refractivity contribution in [3.63, 3.8) is 0 Å². The molecule has 1 aliphatic rings. The van der Waals surface area contributed by atoms with Gasteiger partial charge in [-0.05, 0) is 19.4 Å². The Balaban J connectivity index is 2.02. The fourth-order valence-electron chi connectivity index (χ4n) is 1.66. The number of esters is 1. The molecule has 1 heterocycles. The number of alkyl halides is 1. The topological polar surface area (TPSA) is 52.1 Å². The van der Waals surface area contributed by atoms with Gasteiger partial charge in [0.05, 0.1) is 18.2 Å². The average Bonchev–Trinajstić information content (AvgIpc) is 3.09. The Labute approximate surface area is 92.9 Å². The highest BCUT2D eigenvalue weighted by molar-refractivity contribution is 5.77. The minimum Gasteiger partial charge on any atom is -0.466 e. The van der Waals surface area contributed by atoms with Crippen LogP contribution < -0.4 is 0 Å². The largest absolute Gasteiger partial charge is 0.466 e. The summed E-state index contributed by atoms with van der Waals surface area (Å²) in [5.74, 6) is 0.204. The molecule has 0 unspecified atom stereocenters. The van der Waals surface area contributed by atoms with E-state index in [1.807, 2.05) is 0 Å². The SMILES string of the molecule is CCOC(=O)[C@H]1C[C@@H]1c1nccc(CF)n1. The number of carbonyl (C=O) groups excluding carboxylic acids is 1. The lowest BCUT2D eigenvalue weighted by atomic mass is 10.3. The Morgan fingerprint density at radius 2 is 2.50 bits per heavy atom. The minimum absolute atomic E-state index is 0.00514. The molecule has 0 saturated heterocycles. The van der Waals surface area contributed by atoms with Crippen LogP contribution in [0.3, 0.4) is 0 Å². The van der Waals surface area contributed by atoms with Gasteiger partial charge < -0.3 is 4.74 Å². The van der Waals surface area contributed by atoms with Crippen molar-refractivity contribution in [1.29, 1.82) is 0 Å². The summed E-state index contributed by atoms with van der Waals surface area (Å²) in [6.07, 6.45) is 2.23. The van der Waals surface area contributed by atoms with Crippen LogP contribution in [-0.4, -0.2) is 22.5 Å². The Bertz CT molecular complexity index is 397. The lowest BCUT2D eigenvalue weighted by Gasteiger charge is -2.01. The highest BCUT2D eigenvalue weighted by atomic mass is 19.1. The van der Waals surface area contributed by atoms with Gasteiger partial charge in [-0.2, -0.15) is 0 Å². The third-order valence-electron chi connectivity index (χ3n) is 2.58. The van der Waals surface area contributed by atoms with Crippen LogP contribution in [0.4, 0.5) is 4.39 Å². The van der Waals surface area contributed by atoms with E-state index in [0.29, 0.717) is 24.5 Å². The standard InChI is InChI=1S/C11H13FN2O2/c1-2-16-11(15)9-5-8(9)10-13-4-3-7(6-12)14-10/h3-4,8-9H,2,5-6H2,1H3/t8-,9-/m0/s1. The molecule has 0 aliphatic heterocycles. The molecular formula is C11H13FN2O2. The first-order valence-electron chi connectivity index (χ1n) is 5.30. The van der Waals surface area contributed by atoms with Crippen molar-refractivity contribution in [2.24, 2.45) is 5.92 Å². The third kappa shape index (κ3) is 2.18. The molecule has 2 atom stereocenters. The van der Waals surface area contributed by atoms with Gasteiger partial charge in [0.1, 0.15) is 12.5 Å². The second-order valence-electron chi connectivity index (χ2n) is 3.74. The molecule has 86 valence electrons. The number of hydrogen-bond donors (Lipinski definition) is 0. The summed E-state index contributed by atoms with van der Waals surface area (Å²) in [5, 5.41) is 0. The number of rotatable bonds is 4. The first kappa shape index (κ1) is 11.0. The molecule has 1 fully saturated rings. The maximum atomic E-state index is 12.4. The number of nitrogens with zero attached hydrogens (tertiary/aromatic N) is 2. The lowest BCUT2D eigenvalue weighted by molar-refractivity contribution is -0.144. The lowest BCUT2D eigenvalue weighted by Crippen LogP contribution is -2.08. The van der Waals surface area contributed by atoms with Crippen molar-refractivity contribution in [3.05, 3.63) is 23.8 Å². The van der Waals surface area contributed by atoms with Crippen molar-refractivity contribution < 1.29 is 13.9 Å². The Morgan fingerprint density at radius 3 is 3.19 bits per heavy atom. The molecular weight excluding hydrogens is 211 g/mol. The maximum Gasteiger partial charge on any atom is 0.309 e. The predicted octanol–water partition coefficient (Wildman–Crippen LogP) is 1.61. The molecule has 1 aromatic heterocycles. The van der Waals surface area contributed by atoms with Gasteiger partial charge in [0.15, 0.2) is 0 Å². The van der Waals surface area contributed by atoms with Crippen LogP contribution in [0.1, 0.15) is 30.8 Å². The quantitative estimate of drug-likeness (QED) is 0.729. The van der Waals surface area contributed by atoms with E-state index in [9.17, 15) is 9.18 Å². The molecule has 4 nitrogen and oxygen atoms in total. The van der Waals surface area contributed by atoms with Gasteiger partial charge in [0.2, 0.25) is 0 Å². The van der Waals surface area contributed by atoms with E-state index in [1.54, 1.807) is 6.92 Å². The van der Waals surface area contributed by atoms with E-state index in [-0.39, 0.29) is 17.8 Å². The maximum absolute atomic E-state index is 12.4. The van der Waals surface area contributed by atoms with Crippen molar-refractivity contribution in [1.82, 2.24) is 9.97 Å². The molecule has 0 spiro atoms. The van der Waals surface area contributed by atoms with E-state index in [1.165, 1.54) is 12.3 Å². The molecule has 5 heteroatoms. The summed E-state index contributed by atoms with van der Waals surface area (Å²) < 4.78 is 17.3. The van der Waals surface area contributed by atoms with Gasteiger partial charge in [-0.25, -0.2) is 14.4 Å². The van der Waals surface area contributed by atoms with E-state index >= 15 is 0 Å². The average molecular weight is 224 g/mol. The predicted molar refractivity (Wildman–Crippen MR) is 54.3 cm³/mol. The summed E-state index contributed by atoms with van der Waals surface area (Å²) in [7, 11) is 0. The van der Waals surface area contributed by atoms with Crippen molar-refractivity contribution in [2.45, 2.75) is 25.9 Å². The zero-order valence-electron chi connectivity index (χ0n) is 9.02. The van der Waals surface area contributed by atoms with E-state index in [0.717, 1.165) is 0 Å². The number of halogens is 1. The summed E-state index contributed by atoms with van der Waals surface area (Å²) in [4.78, 5) is 19.5. The minimum atomic E-state index is -0.605. The molecule has 0 bridgehead atoms. The summed E-state index contributed by atoms with van der Waals surface area (Å²) in [5.41, 5.74) is 0.361. The number of carbonyl (C=O) groups is 1. The molecule has 0 radical (unpaired) electrons. The van der Waals surface area contributed by atoms with Crippen molar-refractivity contribution in [2.75, 3.05) is 6.61 Å². The van der Waals surface area contributed by atoms with Crippen molar-refractivity contribution >= 4 is 5.97 Å². The number of aromatic nitrogens is 2. The molecule has 1 saturated carbocycles. The molecule has 0 aromatic carbocycles. The summed E-state index contributed by atoms with van der Waals surface area (Å²) >= 11 is 0. The van der Waals surface area contributed by atoms with Crippen LogP contribution in [0.2, 0.25) is 0 Å². The first-order valence-corrected chi connectivity index (χ1v) is 5.30. The van der Waals surface area contributed by atoms with Crippen LogP contribution >= 0.6 is 0 Å². The van der Waals surface area contributed by atoms with Gasteiger partial charge in [0, 0.05) is 12.1 Å². The van der Waals surface area contributed by atoms with Crippen LogP contribution in [0, 0.1) is 5.92 Å². The highest BCUT2D eigenvalue weighted by Gasteiger charge is 2.47. The second kappa shape index (κ2) is 4.55. The zero-order valence-corrected chi connectivity index (χ0v) is 9.02. The van der Waals surface area contributed by atoms with E-state index < -0.39 is 6.67 Å². The molecule has 1 aliphatic carbocycles. The van der Waals surface area contributed by atoms with Crippen LogP contribution in [0.25, 0.3) is 0 Å². The monoisotopic (exact) mass is 224 g/mol. The van der Waals surface area contributed by atoms with Gasteiger partial charge >= 0.3 is 5.97 Å². The molecule has 2 rings (SSSR count). The Morgan fingerprint density at radius 1 is 1.69 bits per heavy atom. The fraction of sp³-hybridized carbons (Fsp3) is 0.545. The number of hydrogen-bond acceptors (Lipinski definition) is 4. The van der Waals surface area contributed by atoms with Crippen LogP contribution in [0.5, 0.6) is 0 Å². The number of ether oxygens (including phenoxy) is 1. The van der Waals surface area contributed by atoms with Gasteiger partial charge in [-0.1, -0.05) is 0 Å². The summed E-state index contributed by atoms with van der Waals surface area (Å²) in [6.45, 7) is 1.55. The van der Waals surface area contributed by atoms with Crippen molar-refractivity contribution in [3.8, 4) is 0 Å². The summed E-state index contributed by atoms with van der Waals surface area (Å²) in [6, 6.07) is 1.53. The molecule has 1 aromatic rings. The zero-order chi connectivity index (χ0) is 11.5. The van der Waals surface area contributed by atoms with E-state index in [4.69, 9.17) is 4.74 Å². The normalized spacial score (nSPS) is 22.9. The van der Waals surface area contributed by atoms with Gasteiger partial charge in [-0.3, -0.25) is 4.79 Å². The first-order chi connectivity index (χ1) is 7.76. The Kier molecular flexibility index (Phi) is 3.12. The molecule has 0 N–H and O–H groups in total. The van der Waals surface area contributed by atoms with Crippen LogP contribution in [0.15, 0.2) is 12.3 Å². The second-order valence-corrected chi connectivity index (χ2v) is 3.74.